The first-order valence-corrected chi connectivity index (χ1v) is 5.93. The summed E-state index contributed by atoms with van der Waals surface area (Å²) in [5.41, 5.74) is 0. The van der Waals surface area contributed by atoms with Crippen molar-refractivity contribution in [3.63, 3.8) is 0 Å². The summed E-state index contributed by atoms with van der Waals surface area (Å²) in [6, 6.07) is 0. The van der Waals surface area contributed by atoms with E-state index in [0.29, 0.717) is 6.42 Å². The van der Waals surface area contributed by atoms with Gasteiger partial charge in [0.25, 0.3) is 0 Å². The van der Waals surface area contributed by atoms with Crippen LogP contribution in [0, 0.1) is 23.7 Å². The molecule has 0 bridgehead atoms. The zero-order valence-electron chi connectivity index (χ0n) is 10.6. The van der Waals surface area contributed by atoms with Gasteiger partial charge in [-0.3, -0.25) is 0 Å². The number of unbranched alkanes of at least 4 members (excludes halogenated alkanes) is 2. The summed E-state index contributed by atoms with van der Waals surface area (Å²) < 4.78 is 0. The molecule has 0 unspecified atom stereocenters. The summed E-state index contributed by atoms with van der Waals surface area (Å²) in [7, 11) is 0. The zero-order chi connectivity index (χ0) is 12.9. The maximum Gasteiger partial charge on any atom is 0.129 e. The molecule has 0 saturated heterocycles. The summed E-state index contributed by atoms with van der Waals surface area (Å²) in [4.78, 5) is 10.7. The van der Waals surface area contributed by atoms with Gasteiger partial charge in [0.15, 0.2) is 0 Å². The normalized spacial score (nSPS) is 11.2. The zero-order valence-corrected chi connectivity index (χ0v) is 10.6. The van der Waals surface area contributed by atoms with Crippen molar-refractivity contribution in [2.45, 2.75) is 52.1 Å². The second kappa shape index (κ2) is 11.0. The maximum absolute atomic E-state index is 10.7. The highest BCUT2D eigenvalue weighted by molar-refractivity contribution is 5.75. The average Bonchev–Trinajstić information content (AvgIpc) is 2.28. The van der Waals surface area contributed by atoms with Crippen LogP contribution in [-0.4, -0.2) is 17.0 Å². The van der Waals surface area contributed by atoms with E-state index in [-0.39, 0.29) is 5.78 Å². The van der Waals surface area contributed by atoms with Crippen LogP contribution in [-0.2, 0) is 4.79 Å². The van der Waals surface area contributed by atoms with Gasteiger partial charge in [-0.25, -0.2) is 0 Å². The molecule has 0 aliphatic heterocycles. The summed E-state index contributed by atoms with van der Waals surface area (Å²) in [6.07, 6.45) is 7.05. The largest absolute Gasteiger partial charge is 0.389 e. The lowest BCUT2D eigenvalue weighted by Crippen LogP contribution is -2.01. The number of carbonyl (C=O) groups excluding carboxylic acids is 1. The Balaban J connectivity index is 3.58. The van der Waals surface area contributed by atoms with Gasteiger partial charge in [0.05, 0.1) is 6.10 Å². The van der Waals surface area contributed by atoms with Crippen molar-refractivity contribution in [2.24, 2.45) is 0 Å². The lowest BCUT2D eigenvalue weighted by Gasteiger charge is -2.03. The fraction of sp³-hybridized carbons (Fsp3) is 0.533. The number of Topliss-reactive ketones (excluding diaryl/α,β-unsaturated/α-hetero) is 1. The molecule has 0 saturated carbocycles. The van der Waals surface area contributed by atoms with E-state index in [2.05, 4.69) is 23.7 Å². The molecular weight excluding hydrogens is 212 g/mol. The summed E-state index contributed by atoms with van der Waals surface area (Å²) in [5.74, 6) is 10.9. The van der Waals surface area contributed by atoms with E-state index in [1.807, 2.05) is 0 Å². The van der Waals surface area contributed by atoms with Crippen LogP contribution in [0.2, 0.25) is 0 Å². The molecule has 0 aliphatic carbocycles. The van der Waals surface area contributed by atoms with Gasteiger partial charge >= 0.3 is 0 Å². The fourth-order valence-electron chi connectivity index (χ4n) is 1.30. The van der Waals surface area contributed by atoms with Crippen LogP contribution in [0.1, 0.15) is 46.0 Å². The van der Waals surface area contributed by atoms with Crippen molar-refractivity contribution in [3.8, 4) is 23.7 Å². The molecule has 0 aromatic heterocycles. The second-order valence-corrected chi connectivity index (χ2v) is 3.87. The molecule has 1 N–H and O–H groups in total. The number of aliphatic hydroxyl groups excluding tert-OH is 1. The molecular formula is C15H20O2. The lowest BCUT2D eigenvalue weighted by atomic mass is 10.1. The molecule has 0 aromatic carbocycles. The molecule has 2 nitrogen and oxygen atoms in total. The van der Waals surface area contributed by atoms with Crippen molar-refractivity contribution >= 4 is 5.78 Å². The smallest absolute Gasteiger partial charge is 0.129 e. The Hall–Kier alpha value is -1.51. The maximum atomic E-state index is 10.7. The van der Waals surface area contributed by atoms with Crippen molar-refractivity contribution in [1.29, 1.82) is 0 Å². The third kappa shape index (κ3) is 12.4. The van der Waals surface area contributed by atoms with Gasteiger partial charge in [0.1, 0.15) is 5.78 Å². The molecule has 0 rings (SSSR count). The van der Waals surface area contributed by atoms with E-state index < -0.39 is 6.10 Å². The SMILES string of the molecule is CC#CC#C/C=C/[C@H](O)CCCCCC(C)=O. The molecule has 0 amide bonds. The van der Waals surface area contributed by atoms with E-state index in [9.17, 15) is 9.90 Å². The van der Waals surface area contributed by atoms with E-state index in [1.165, 1.54) is 0 Å². The number of aliphatic hydroxyl groups is 1. The number of hydrogen-bond donors (Lipinski definition) is 1. The minimum absolute atomic E-state index is 0.234. The van der Waals surface area contributed by atoms with E-state index >= 15 is 0 Å². The van der Waals surface area contributed by atoms with Gasteiger partial charge in [0, 0.05) is 6.42 Å². The topological polar surface area (TPSA) is 37.3 Å². The predicted molar refractivity (Wildman–Crippen MR) is 70.1 cm³/mol. The van der Waals surface area contributed by atoms with Gasteiger partial charge in [-0.15, -0.1) is 0 Å². The molecule has 2 heteroatoms. The van der Waals surface area contributed by atoms with Crippen LogP contribution in [0.25, 0.3) is 0 Å². The number of ketones is 1. The standard InChI is InChI=1S/C15H20O2/c1-3-4-5-6-9-12-15(17)13-10-7-8-11-14(2)16/h9,12,15,17H,7-8,10-11,13H2,1-2H3/b12-9+/t15-/m0/s1. The molecule has 17 heavy (non-hydrogen) atoms. The van der Waals surface area contributed by atoms with Gasteiger partial charge in [-0.2, -0.15) is 0 Å². The highest BCUT2D eigenvalue weighted by Crippen LogP contribution is 2.06. The van der Waals surface area contributed by atoms with Crippen molar-refractivity contribution in [1.82, 2.24) is 0 Å². The summed E-state index contributed by atoms with van der Waals surface area (Å²) in [5, 5.41) is 9.56. The van der Waals surface area contributed by atoms with Crippen molar-refractivity contribution < 1.29 is 9.90 Å². The quantitative estimate of drug-likeness (QED) is 0.541. The molecule has 1 atom stereocenters. The Morgan fingerprint density at radius 3 is 2.71 bits per heavy atom. The second-order valence-electron chi connectivity index (χ2n) is 3.87. The van der Waals surface area contributed by atoms with Crippen molar-refractivity contribution in [2.75, 3.05) is 0 Å². The first kappa shape index (κ1) is 15.5. The fourth-order valence-corrected chi connectivity index (χ4v) is 1.30. The van der Waals surface area contributed by atoms with Crippen LogP contribution < -0.4 is 0 Å². The molecule has 0 fully saturated rings. The summed E-state index contributed by atoms with van der Waals surface area (Å²) in [6.45, 7) is 3.34. The number of hydrogen-bond acceptors (Lipinski definition) is 2. The number of allylic oxidation sites excluding steroid dienone is 1. The van der Waals surface area contributed by atoms with Crippen LogP contribution >= 0.6 is 0 Å². The monoisotopic (exact) mass is 232 g/mol. The average molecular weight is 232 g/mol. The van der Waals surface area contributed by atoms with Crippen LogP contribution in [0.3, 0.4) is 0 Å². The Morgan fingerprint density at radius 2 is 2.06 bits per heavy atom. The van der Waals surface area contributed by atoms with Gasteiger partial charge < -0.3 is 9.90 Å². The van der Waals surface area contributed by atoms with Gasteiger partial charge in [-0.1, -0.05) is 24.7 Å². The Kier molecular flexibility index (Phi) is 10.0. The first-order chi connectivity index (χ1) is 8.16. The summed E-state index contributed by atoms with van der Waals surface area (Å²) >= 11 is 0. The van der Waals surface area contributed by atoms with Crippen LogP contribution in [0.5, 0.6) is 0 Å². The van der Waals surface area contributed by atoms with E-state index in [0.717, 1.165) is 25.7 Å². The number of rotatable bonds is 7. The number of carbonyl (C=O) groups is 1. The highest BCUT2D eigenvalue weighted by atomic mass is 16.3. The van der Waals surface area contributed by atoms with Crippen molar-refractivity contribution in [3.05, 3.63) is 12.2 Å². The van der Waals surface area contributed by atoms with Crippen LogP contribution in [0.4, 0.5) is 0 Å². The molecule has 0 aromatic rings. The minimum Gasteiger partial charge on any atom is -0.389 e. The Bertz CT molecular complexity index is 358. The van der Waals surface area contributed by atoms with Gasteiger partial charge in [0.2, 0.25) is 0 Å². The molecule has 0 spiro atoms. The molecule has 0 radical (unpaired) electrons. The Labute approximate surface area is 104 Å². The van der Waals surface area contributed by atoms with Crippen LogP contribution in [0.15, 0.2) is 12.2 Å². The van der Waals surface area contributed by atoms with E-state index in [4.69, 9.17) is 0 Å². The first-order valence-electron chi connectivity index (χ1n) is 5.93. The minimum atomic E-state index is -0.448. The third-order valence-electron chi connectivity index (χ3n) is 2.19. The van der Waals surface area contributed by atoms with Gasteiger partial charge in [-0.05, 0) is 50.7 Å². The molecule has 92 valence electrons. The van der Waals surface area contributed by atoms with E-state index in [1.54, 1.807) is 26.0 Å². The molecule has 0 heterocycles. The molecule has 0 aliphatic rings. The predicted octanol–water partition coefficient (Wildman–Crippen LogP) is 2.47. The lowest BCUT2D eigenvalue weighted by molar-refractivity contribution is -0.117. The third-order valence-corrected chi connectivity index (χ3v) is 2.19. The highest BCUT2D eigenvalue weighted by Gasteiger charge is 1.99. The Morgan fingerprint density at radius 1 is 1.29 bits per heavy atom.